The minimum Gasteiger partial charge on any atom is -0.395 e. The molecule has 0 aliphatic carbocycles. The highest BCUT2D eigenvalue weighted by atomic mass is 16.3. The second kappa shape index (κ2) is 8.02. The first-order valence-corrected chi connectivity index (χ1v) is 7.45. The Bertz CT molecular complexity index is 408. The number of likely N-dealkylation sites (tertiary alicyclic amines) is 1. The molecule has 110 valence electrons. The average molecular weight is 276 g/mol. The van der Waals surface area contributed by atoms with Crippen molar-refractivity contribution in [2.75, 3.05) is 19.7 Å². The molecule has 0 bridgehead atoms. The standard InChI is InChI=1S/C16H24N2O2/c19-13-15-9-5-2-6-10-18(15)12-16(20)17-11-14-7-3-1-4-8-14/h1,3-4,7-8,15,19H,2,5-6,9-13H2,(H,17,20). The van der Waals surface area contributed by atoms with Crippen LogP contribution in [0, 0.1) is 0 Å². The van der Waals surface area contributed by atoms with E-state index in [1.54, 1.807) is 0 Å². The first-order chi connectivity index (χ1) is 9.79. The van der Waals surface area contributed by atoms with Crippen LogP contribution < -0.4 is 5.32 Å². The van der Waals surface area contributed by atoms with Gasteiger partial charge in [0, 0.05) is 12.6 Å². The normalized spacial score (nSPS) is 20.4. The Morgan fingerprint density at radius 2 is 2.05 bits per heavy atom. The van der Waals surface area contributed by atoms with E-state index >= 15 is 0 Å². The first-order valence-electron chi connectivity index (χ1n) is 7.45. The van der Waals surface area contributed by atoms with Crippen molar-refractivity contribution in [3.63, 3.8) is 0 Å². The van der Waals surface area contributed by atoms with Crippen LogP contribution >= 0.6 is 0 Å². The van der Waals surface area contributed by atoms with Gasteiger partial charge in [-0.15, -0.1) is 0 Å². The molecule has 2 rings (SSSR count). The molecule has 1 fully saturated rings. The molecule has 0 spiro atoms. The smallest absolute Gasteiger partial charge is 0.234 e. The van der Waals surface area contributed by atoms with Gasteiger partial charge in [-0.05, 0) is 24.9 Å². The summed E-state index contributed by atoms with van der Waals surface area (Å²) in [5.74, 6) is 0.0363. The molecular weight excluding hydrogens is 252 g/mol. The number of benzene rings is 1. The monoisotopic (exact) mass is 276 g/mol. The molecule has 1 aliphatic heterocycles. The molecule has 0 saturated carbocycles. The number of nitrogens with zero attached hydrogens (tertiary/aromatic N) is 1. The molecule has 20 heavy (non-hydrogen) atoms. The molecule has 0 aromatic heterocycles. The van der Waals surface area contributed by atoms with E-state index in [0.29, 0.717) is 13.1 Å². The maximum atomic E-state index is 12.0. The minimum absolute atomic E-state index is 0.0363. The number of amides is 1. The number of carbonyl (C=O) groups is 1. The van der Waals surface area contributed by atoms with E-state index in [-0.39, 0.29) is 18.6 Å². The summed E-state index contributed by atoms with van der Waals surface area (Å²) in [4.78, 5) is 14.1. The van der Waals surface area contributed by atoms with E-state index < -0.39 is 0 Å². The van der Waals surface area contributed by atoms with Gasteiger partial charge in [-0.2, -0.15) is 0 Å². The molecular formula is C16H24N2O2. The van der Waals surface area contributed by atoms with E-state index in [0.717, 1.165) is 31.4 Å². The summed E-state index contributed by atoms with van der Waals surface area (Å²) in [7, 11) is 0. The highest BCUT2D eigenvalue weighted by molar-refractivity contribution is 5.78. The molecule has 1 aromatic carbocycles. The van der Waals surface area contributed by atoms with Crippen LogP contribution in [-0.2, 0) is 11.3 Å². The Hall–Kier alpha value is -1.39. The Morgan fingerprint density at radius 3 is 2.80 bits per heavy atom. The number of hydrogen-bond acceptors (Lipinski definition) is 3. The van der Waals surface area contributed by atoms with E-state index in [9.17, 15) is 9.90 Å². The van der Waals surface area contributed by atoms with Crippen molar-refractivity contribution in [1.29, 1.82) is 0 Å². The van der Waals surface area contributed by atoms with Crippen molar-refractivity contribution in [1.82, 2.24) is 10.2 Å². The van der Waals surface area contributed by atoms with Crippen molar-refractivity contribution < 1.29 is 9.90 Å². The van der Waals surface area contributed by atoms with Crippen molar-refractivity contribution >= 4 is 5.91 Å². The Labute approximate surface area is 120 Å². The van der Waals surface area contributed by atoms with Gasteiger partial charge in [-0.3, -0.25) is 9.69 Å². The summed E-state index contributed by atoms with van der Waals surface area (Å²) in [6.07, 6.45) is 4.44. The molecule has 1 saturated heterocycles. The van der Waals surface area contributed by atoms with Crippen LogP contribution in [0.15, 0.2) is 30.3 Å². The third-order valence-corrected chi connectivity index (χ3v) is 3.89. The summed E-state index contributed by atoms with van der Waals surface area (Å²) >= 11 is 0. The summed E-state index contributed by atoms with van der Waals surface area (Å²) in [5.41, 5.74) is 1.11. The Balaban J connectivity index is 1.80. The molecule has 1 heterocycles. The van der Waals surface area contributed by atoms with E-state index in [2.05, 4.69) is 10.2 Å². The number of nitrogens with one attached hydrogen (secondary N) is 1. The van der Waals surface area contributed by atoms with Gasteiger partial charge in [0.05, 0.1) is 13.2 Å². The van der Waals surface area contributed by atoms with Gasteiger partial charge in [0.25, 0.3) is 0 Å². The van der Waals surface area contributed by atoms with Crippen molar-refractivity contribution in [2.45, 2.75) is 38.3 Å². The fraction of sp³-hybridized carbons (Fsp3) is 0.562. The highest BCUT2D eigenvalue weighted by Crippen LogP contribution is 2.15. The second-order valence-electron chi connectivity index (χ2n) is 5.42. The lowest BCUT2D eigenvalue weighted by atomic mass is 10.1. The van der Waals surface area contributed by atoms with Crippen molar-refractivity contribution in [2.24, 2.45) is 0 Å². The van der Waals surface area contributed by atoms with Gasteiger partial charge in [0.1, 0.15) is 0 Å². The third kappa shape index (κ3) is 4.62. The number of hydrogen-bond donors (Lipinski definition) is 2. The lowest BCUT2D eigenvalue weighted by molar-refractivity contribution is -0.123. The zero-order chi connectivity index (χ0) is 14.2. The largest absolute Gasteiger partial charge is 0.395 e. The second-order valence-corrected chi connectivity index (χ2v) is 5.42. The van der Waals surface area contributed by atoms with Crippen LogP contribution in [0.2, 0.25) is 0 Å². The number of carbonyl (C=O) groups excluding carboxylic acids is 1. The lowest BCUT2D eigenvalue weighted by Gasteiger charge is -2.27. The first kappa shape index (κ1) is 15.0. The fourth-order valence-electron chi connectivity index (χ4n) is 2.69. The van der Waals surface area contributed by atoms with Crippen LogP contribution in [-0.4, -0.2) is 41.7 Å². The molecule has 2 N–H and O–H groups in total. The molecule has 1 aromatic rings. The maximum absolute atomic E-state index is 12.0. The van der Waals surface area contributed by atoms with Crippen molar-refractivity contribution in [3.8, 4) is 0 Å². The molecule has 1 atom stereocenters. The quantitative estimate of drug-likeness (QED) is 0.858. The van der Waals surface area contributed by atoms with Gasteiger partial charge >= 0.3 is 0 Å². The van der Waals surface area contributed by atoms with Gasteiger partial charge in [-0.25, -0.2) is 0 Å². The maximum Gasteiger partial charge on any atom is 0.234 e. The zero-order valence-corrected chi connectivity index (χ0v) is 11.9. The SMILES string of the molecule is O=C(CN1CCCCCC1CO)NCc1ccccc1. The summed E-state index contributed by atoms with van der Waals surface area (Å²) in [6, 6.07) is 10.1. The number of aliphatic hydroxyl groups is 1. The fourth-order valence-corrected chi connectivity index (χ4v) is 2.69. The third-order valence-electron chi connectivity index (χ3n) is 3.89. The topological polar surface area (TPSA) is 52.6 Å². The summed E-state index contributed by atoms with van der Waals surface area (Å²) in [5, 5.41) is 12.4. The molecule has 1 amide bonds. The van der Waals surface area contributed by atoms with Gasteiger partial charge < -0.3 is 10.4 Å². The van der Waals surface area contributed by atoms with E-state index in [4.69, 9.17) is 0 Å². The van der Waals surface area contributed by atoms with E-state index in [1.165, 1.54) is 6.42 Å². The zero-order valence-electron chi connectivity index (χ0n) is 11.9. The molecule has 1 unspecified atom stereocenters. The van der Waals surface area contributed by atoms with Crippen LogP contribution in [0.1, 0.15) is 31.2 Å². The van der Waals surface area contributed by atoms with E-state index in [1.807, 2.05) is 30.3 Å². The van der Waals surface area contributed by atoms with Gasteiger partial charge in [0.15, 0.2) is 0 Å². The molecule has 0 radical (unpaired) electrons. The van der Waals surface area contributed by atoms with Crippen LogP contribution in [0.5, 0.6) is 0 Å². The van der Waals surface area contributed by atoms with Crippen LogP contribution in [0.3, 0.4) is 0 Å². The number of rotatable bonds is 5. The van der Waals surface area contributed by atoms with Crippen LogP contribution in [0.4, 0.5) is 0 Å². The Kier molecular flexibility index (Phi) is 6.02. The molecule has 1 aliphatic rings. The van der Waals surface area contributed by atoms with Crippen LogP contribution in [0.25, 0.3) is 0 Å². The molecule has 4 heteroatoms. The predicted octanol–water partition coefficient (Wildman–Crippen LogP) is 1.54. The van der Waals surface area contributed by atoms with Crippen molar-refractivity contribution in [3.05, 3.63) is 35.9 Å². The summed E-state index contributed by atoms with van der Waals surface area (Å²) < 4.78 is 0. The molecule has 4 nitrogen and oxygen atoms in total. The summed E-state index contributed by atoms with van der Waals surface area (Å²) in [6.45, 7) is 2.01. The number of aliphatic hydroxyl groups excluding tert-OH is 1. The average Bonchev–Trinajstić information content (AvgIpc) is 2.71. The van der Waals surface area contributed by atoms with Gasteiger partial charge in [-0.1, -0.05) is 43.2 Å². The van der Waals surface area contributed by atoms with Gasteiger partial charge in [0.2, 0.25) is 5.91 Å². The highest BCUT2D eigenvalue weighted by Gasteiger charge is 2.22. The Morgan fingerprint density at radius 1 is 1.25 bits per heavy atom. The predicted molar refractivity (Wildman–Crippen MR) is 79.2 cm³/mol. The lowest BCUT2D eigenvalue weighted by Crippen LogP contribution is -2.44. The minimum atomic E-state index is 0.0363.